The van der Waals surface area contributed by atoms with Gasteiger partial charge in [-0.15, -0.1) is 0 Å². The van der Waals surface area contributed by atoms with Gasteiger partial charge in [-0.3, -0.25) is 9.59 Å². The molecule has 9 nitrogen and oxygen atoms in total. The maximum Gasteiger partial charge on any atom is 0.307 e. The highest BCUT2D eigenvalue weighted by molar-refractivity contribution is 6.30. The summed E-state index contributed by atoms with van der Waals surface area (Å²) in [7, 11) is 0. The van der Waals surface area contributed by atoms with Gasteiger partial charge in [-0.1, -0.05) is 31.5 Å². The molecule has 11 heteroatoms. The van der Waals surface area contributed by atoms with Gasteiger partial charge < -0.3 is 24.9 Å². The molecule has 0 aliphatic carbocycles. The summed E-state index contributed by atoms with van der Waals surface area (Å²) in [5.41, 5.74) is 1.34. The summed E-state index contributed by atoms with van der Waals surface area (Å²) in [5, 5.41) is 20.0. The molecule has 3 aromatic rings. The van der Waals surface area contributed by atoms with Crippen molar-refractivity contribution in [3.63, 3.8) is 0 Å². The smallest absolute Gasteiger partial charge is 0.307 e. The SMILES string of the molecule is CC1(C)CN(c2ccc(Cl)c(F)c2)c2cc(O)c(C(=O)N3CCN(c4ccc(CC(=O)O)cn4)CC3(C)C)nc21. The zero-order valence-electron chi connectivity index (χ0n) is 22.8. The lowest BCUT2D eigenvalue weighted by atomic mass is 9.91. The Kier molecular flexibility index (Phi) is 6.86. The molecule has 1 aromatic carbocycles. The highest BCUT2D eigenvalue weighted by Gasteiger charge is 2.42. The van der Waals surface area contributed by atoms with Crippen molar-refractivity contribution in [2.45, 2.75) is 45.1 Å². The van der Waals surface area contributed by atoms with Crippen LogP contribution in [0.4, 0.5) is 21.6 Å². The first-order chi connectivity index (χ1) is 18.8. The van der Waals surface area contributed by atoms with E-state index < -0.39 is 22.7 Å². The van der Waals surface area contributed by atoms with Gasteiger partial charge in [0, 0.05) is 49.5 Å². The Balaban J connectivity index is 1.39. The van der Waals surface area contributed by atoms with Gasteiger partial charge in [0.25, 0.3) is 5.91 Å². The number of hydrogen-bond donors (Lipinski definition) is 2. The minimum absolute atomic E-state index is 0.0198. The van der Waals surface area contributed by atoms with Crippen molar-refractivity contribution in [3.05, 3.63) is 70.4 Å². The molecule has 1 saturated heterocycles. The van der Waals surface area contributed by atoms with Crippen LogP contribution in [0.5, 0.6) is 5.75 Å². The number of carboxylic acids is 1. The van der Waals surface area contributed by atoms with Gasteiger partial charge in [-0.05, 0) is 43.7 Å². The third-order valence-electron chi connectivity index (χ3n) is 7.52. The summed E-state index contributed by atoms with van der Waals surface area (Å²) >= 11 is 5.87. The van der Waals surface area contributed by atoms with Gasteiger partial charge in [0.2, 0.25) is 0 Å². The predicted molar refractivity (Wildman–Crippen MR) is 150 cm³/mol. The number of amides is 1. The van der Waals surface area contributed by atoms with E-state index in [0.29, 0.717) is 54.6 Å². The molecular weight excluding hydrogens is 537 g/mol. The second kappa shape index (κ2) is 9.92. The van der Waals surface area contributed by atoms with Crippen LogP contribution in [0.15, 0.2) is 42.6 Å². The molecule has 2 N–H and O–H groups in total. The number of carboxylic acid groups (broad SMARTS) is 1. The topological polar surface area (TPSA) is 110 Å². The van der Waals surface area contributed by atoms with E-state index >= 15 is 0 Å². The van der Waals surface area contributed by atoms with Crippen LogP contribution in [0.2, 0.25) is 5.02 Å². The number of rotatable bonds is 5. The molecule has 0 unspecified atom stereocenters. The Bertz CT molecular complexity index is 1490. The Morgan fingerprint density at radius 1 is 1.07 bits per heavy atom. The second-order valence-corrected chi connectivity index (χ2v) is 12.0. The summed E-state index contributed by atoms with van der Waals surface area (Å²) < 4.78 is 14.2. The number of carbonyl (C=O) groups is 2. The van der Waals surface area contributed by atoms with Crippen molar-refractivity contribution >= 4 is 40.7 Å². The summed E-state index contributed by atoms with van der Waals surface area (Å²) in [5.74, 6) is -1.37. The summed E-state index contributed by atoms with van der Waals surface area (Å²) in [6.07, 6.45) is 1.47. The van der Waals surface area contributed by atoms with E-state index in [1.54, 1.807) is 29.3 Å². The van der Waals surface area contributed by atoms with Crippen LogP contribution in [0.25, 0.3) is 0 Å². The standard InChI is InChI=1S/C29H31ClFN5O4/c1-28(2)15-35(18-6-7-19(30)20(31)12-18)21-13-22(37)25(33-26(21)28)27(40)36-10-9-34(16-29(36,3)4)23-8-5-17(14-32-23)11-24(38)39/h5-8,12-14,37H,9-11,15-16H2,1-4H3,(H,38,39). The van der Waals surface area contributed by atoms with Gasteiger partial charge in [-0.2, -0.15) is 0 Å². The maximum atomic E-state index is 14.2. The number of piperazine rings is 1. The largest absolute Gasteiger partial charge is 0.505 e. The van der Waals surface area contributed by atoms with Gasteiger partial charge in [0.05, 0.1) is 28.4 Å². The van der Waals surface area contributed by atoms with Crippen molar-refractivity contribution < 1.29 is 24.2 Å². The molecule has 5 rings (SSSR count). The Labute approximate surface area is 236 Å². The number of fused-ring (bicyclic) bond motifs is 1. The molecule has 210 valence electrons. The average Bonchev–Trinajstić information content (AvgIpc) is 3.13. The monoisotopic (exact) mass is 567 g/mol. The molecular formula is C29H31ClFN5O4. The zero-order chi connectivity index (χ0) is 29.0. The van der Waals surface area contributed by atoms with Gasteiger partial charge in [0.1, 0.15) is 17.4 Å². The van der Waals surface area contributed by atoms with Crippen molar-refractivity contribution in [2.75, 3.05) is 36.0 Å². The number of anilines is 3. The van der Waals surface area contributed by atoms with Gasteiger partial charge in [0.15, 0.2) is 5.69 Å². The van der Waals surface area contributed by atoms with Crippen molar-refractivity contribution in [1.29, 1.82) is 0 Å². The van der Waals surface area contributed by atoms with E-state index in [1.807, 2.05) is 32.6 Å². The number of benzene rings is 1. The quantitative estimate of drug-likeness (QED) is 0.454. The first-order valence-electron chi connectivity index (χ1n) is 13.0. The number of aromatic nitrogens is 2. The molecule has 1 amide bonds. The third kappa shape index (κ3) is 5.03. The molecule has 4 heterocycles. The lowest BCUT2D eigenvalue weighted by molar-refractivity contribution is -0.136. The van der Waals surface area contributed by atoms with Crippen molar-refractivity contribution in [1.82, 2.24) is 14.9 Å². The molecule has 0 atom stereocenters. The van der Waals surface area contributed by atoms with E-state index in [-0.39, 0.29) is 28.8 Å². The van der Waals surface area contributed by atoms with Crippen molar-refractivity contribution in [3.8, 4) is 5.75 Å². The van der Waals surface area contributed by atoms with Crippen LogP contribution in [0, 0.1) is 5.82 Å². The predicted octanol–water partition coefficient (Wildman–Crippen LogP) is 4.77. The lowest BCUT2D eigenvalue weighted by Gasteiger charge is -2.47. The summed E-state index contributed by atoms with van der Waals surface area (Å²) in [6, 6.07) is 9.62. The van der Waals surface area contributed by atoms with Gasteiger partial charge >= 0.3 is 5.97 Å². The average molecular weight is 568 g/mol. The van der Waals surface area contributed by atoms with E-state index in [1.165, 1.54) is 18.2 Å². The first kappa shape index (κ1) is 27.6. The molecule has 2 aliphatic rings. The van der Waals surface area contributed by atoms with Crippen LogP contribution in [0.3, 0.4) is 0 Å². The Morgan fingerprint density at radius 2 is 1.82 bits per heavy atom. The number of nitrogens with zero attached hydrogens (tertiary/aromatic N) is 5. The molecule has 2 aliphatic heterocycles. The van der Waals surface area contributed by atoms with Crippen LogP contribution in [-0.4, -0.2) is 68.7 Å². The molecule has 40 heavy (non-hydrogen) atoms. The molecule has 0 saturated carbocycles. The van der Waals surface area contributed by atoms with Crippen LogP contribution in [-0.2, 0) is 16.6 Å². The van der Waals surface area contributed by atoms with Crippen LogP contribution < -0.4 is 9.80 Å². The summed E-state index contributed by atoms with van der Waals surface area (Å²) in [6.45, 7) is 9.73. The summed E-state index contributed by atoms with van der Waals surface area (Å²) in [4.78, 5) is 39.5. The molecule has 0 radical (unpaired) electrons. The minimum Gasteiger partial charge on any atom is -0.505 e. The second-order valence-electron chi connectivity index (χ2n) is 11.6. The molecule has 2 aromatic heterocycles. The van der Waals surface area contributed by atoms with Crippen LogP contribution in [0.1, 0.15) is 49.4 Å². The third-order valence-corrected chi connectivity index (χ3v) is 7.83. The normalized spacial score (nSPS) is 17.6. The molecule has 0 spiro atoms. The number of carbonyl (C=O) groups excluding carboxylic acids is 1. The highest BCUT2D eigenvalue weighted by Crippen LogP contribution is 2.46. The maximum absolute atomic E-state index is 14.2. The Hall–Kier alpha value is -3.92. The highest BCUT2D eigenvalue weighted by atomic mass is 35.5. The van der Waals surface area contributed by atoms with E-state index in [4.69, 9.17) is 21.7 Å². The first-order valence-corrected chi connectivity index (χ1v) is 13.4. The Morgan fingerprint density at radius 3 is 2.45 bits per heavy atom. The number of pyridine rings is 2. The molecule has 1 fully saturated rings. The number of hydrogen-bond acceptors (Lipinski definition) is 7. The van der Waals surface area contributed by atoms with Crippen LogP contribution >= 0.6 is 11.6 Å². The lowest BCUT2D eigenvalue weighted by Crippen LogP contribution is -2.61. The number of aromatic hydroxyl groups is 1. The minimum atomic E-state index is -0.916. The van der Waals surface area contributed by atoms with Gasteiger partial charge in [-0.25, -0.2) is 14.4 Å². The zero-order valence-corrected chi connectivity index (χ0v) is 23.5. The van der Waals surface area contributed by atoms with E-state index in [2.05, 4.69) is 9.88 Å². The fourth-order valence-corrected chi connectivity index (χ4v) is 5.65. The van der Waals surface area contributed by atoms with E-state index in [0.717, 1.165) is 0 Å². The van der Waals surface area contributed by atoms with Crippen molar-refractivity contribution in [2.24, 2.45) is 0 Å². The fourth-order valence-electron chi connectivity index (χ4n) is 5.53. The fraction of sp³-hybridized carbons (Fsp3) is 0.379. The number of halogens is 2. The van der Waals surface area contributed by atoms with E-state index in [9.17, 15) is 19.1 Å². The number of aliphatic carboxylic acids is 1. The molecule has 0 bridgehead atoms.